The van der Waals surface area contributed by atoms with Crippen molar-refractivity contribution < 1.29 is 9.21 Å². The van der Waals surface area contributed by atoms with Gasteiger partial charge < -0.3 is 15.5 Å². The van der Waals surface area contributed by atoms with Crippen molar-refractivity contribution in [2.45, 2.75) is 25.8 Å². The molecule has 124 valence electrons. The fourth-order valence-electron chi connectivity index (χ4n) is 2.62. The summed E-state index contributed by atoms with van der Waals surface area (Å²) in [4.78, 5) is 16.9. The Hall–Kier alpha value is -2.66. The van der Waals surface area contributed by atoms with Crippen LogP contribution in [0.4, 0.5) is 0 Å². The normalized spacial score (nSPS) is 13.6. The zero-order chi connectivity index (χ0) is 17.2. The first-order valence-electron chi connectivity index (χ1n) is 7.96. The van der Waals surface area contributed by atoms with Crippen molar-refractivity contribution >= 4 is 17.0 Å². The Kier molecular flexibility index (Phi) is 4.36. The number of nitrogens with one attached hydrogen (secondary N) is 1. The summed E-state index contributed by atoms with van der Waals surface area (Å²) < 4.78 is 5.71. The number of oxazole rings is 1. The van der Waals surface area contributed by atoms with E-state index in [0.717, 1.165) is 22.2 Å². The van der Waals surface area contributed by atoms with Crippen molar-refractivity contribution in [1.29, 1.82) is 0 Å². The molecule has 0 aliphatic carbocycles. The van der Waals surface area contributed by atoms with Crippen molar-refractivity contribution in [3.63, 3.8) is 0 Å². The Bertz CT molecular complexity index is 853. The molecule has 1 aromatic heterocycles. The molecule has 5 heteroatoms. The van der Waals surface area contributed by atoms with E-state index in [1.807, 2.05) is 55.5 Å². The van der Waals surface area contributed by atoms with Gasteiger partial charge in [-0.1, -0.05) is 42.5 Å². The van der Waals surface area contributed by atoms with Crippen LogP contribution in [-0.2, 0) is 16.8 Å². The number of amides is 1. The summed E-state index contributed by atoms with van der Waals surface area (Å²) in [6.45, 7) is 4.13. The Morgan fingerprint density at radius 1 is 1.21 bits per heavy atom. The number of hydrogen-bond acceptors (Lipinski definition) is 4. The van der Waals surface area contributed by atoms with Gasteiger partial charge in [0.2, 0.25) is 5.91 Å². The van der Waals surface area contributed by atoms with Crippen LogP contribution in [0.15, 0.2) is 52.9 Å². The minimum Gasteiger partial charge on any atom is -0.441 e. The maximum absolute atomic E-state index is 12.4. The first-order chi connectivity index (χ1) is 11.5. The molecular weight excluding hydrogens is 302 g/mol. The molecule has 3 rings (SSSR count). The molecule has 0 saturated carbocycles. The molecule has 3 aromatic rings. The SMILES string of the molecule is Cc1cccc2oc(CCNC(=O)C(C)(N)c3ccccc3)nc12. The van der Waals surface area contributed by atoms with E-state index in [1.54, 1.807) is 6.92 Å². The highest BCUT2D eigenvalue weighted by Gasteiger charge is 2.29. The second-order valence-corrected chi connectivity index (χ2v) is 6.10. The number of carbonyl (C=O) groups excluding carboxylic acids is 1. The number of benzene rings is 2. The molecule has 0 saturated heterocycles. The summed E-state index contributed by atoms with van der Waals surface area (Å²) in [5.74, 6) is 0.388. The molecular formula is C19H21N3O2. The number of carbonyl (C=O) groups is 1. The number of hydrogen-bond donors (Lipinski definition) is 2. The number of aromatic nitrogens is 1. The third kappa shape index (κ3) is 3.16. The highest BCUT2D eigenvalue weighted by Crippen LogP contribution is 2.19. The van der Waals surface area contributed by atoms with Gasteiger partial charge in [-0.3, -0.25) is 4.79 Å². The lowest BCUT2D eigenvalue weighted by atomic mass is 9.92. The lowest BCUT2D eigenvalue weighted by Crippen LogP contribution is -2.49. The lowest BCUT2D eigenvalue weighted by molar-refractivity contribution is -0.126. The van der Waals surface area contributed by atoms with E-state index in [-0.39, 0.29) is 5.91 Å². The third-order valence-corrected chi connectivity index (χ3v) is 4.13. The third-order valence-electron chi connectivity index (χ3n) is 4.13. The molecule has 1 atom stereocenters. The molecule has 0 fully saturated rings. The van der Waals surface area contributed by atoms with Crippen molar-refractivity contribution in [3.8, 4) is 0 Å². The fourth-order valence-corrected chi connectivity index (χ4v) is 2.62. The van der Waals surface area contributed by atoms with E-state index in [2.05, 4.69) is 10.3 Å². The highest BCUT2D eigenvalue weighted by atomic mass is 16.3. The maximum atomic E-state index is 12.4. The summed E-state index contributed by atoms with van der Waals surface area (Å²) in [6, 6.07) is 15.2. The van der Waals surface area contributed by atoms with Gasteiger partial charge in [0.1, 0.15) is 11.1 Å². The average Bonchev–Trinajstić information content (AvgIpc) is 3.00. The van der Waals surface area contributed by atoms with Gasteiger partial charge in [0.05, 0.1) is 0 Å². The Labute approximate surface area is 140 Å². The Morgan fingerprint density at radius 3 is 2.67 bits per heavy atom. The smallest absolute Gasteiger partial charge is 0.244 e. The molecule has 3 N–H and O–H groups in total. The van der Waals surface area contributed by atoms with Crippen LogP contribution in [0.5, 0.6) is 0 Å². The van der Waals surface area contributed by atoms with Gasteiger partial charge in [-0.05, 0) is 31.0 Å². The van der Waals surface area contributed by atoms with Crippen LogP contribution < -0.4 is 11.1 Å². The molecule has 0 radical (unpaired) electrons. The minimum absolute atomic E-state index is 0.221. The summed E-state index contributed by atoms with van der Waals surface area (Å²) in [7, 11) is 0. The van der Waals surface area contributed by atoms with Crippen molar-refractivity contribution in [1.82, 2.24) is 10.3 Å². The van der Waals surface area contributed by atoms with E-state index >= 15 is 0 Å². The number of fused-ring (bicyclic) bond motifs is 1. The zero-order valence-corrected chi connectivity index (χ0v) is 13.9. The molecule has 0 aliphatic heterocycles. The minimum atomic E-state index is -1.07. The van der Waals surface area contributed by atoms with E-state index in [4.69, 9.17) is 10.2 Å². The van der Waals surface area contributed by atoms with Crippen molar-refractivity contribution in [2.24, 2.45) is 5.73 Å². The lowest BCUT2D eigenvalue weighted by Gasteiger charge is -2.23. The monoisotopic (exact) mass is 323 g/mol. The number of rotatable bonds is 5. The van der Waals surface area contributed by atoms with Gasteiger partial charge in [0.25, 0.3) is 0 Å². The van der Waals surface area contributed by atoms with Gasteiger partial charge >= 0.3 is 0 Å². The van der Waals surface area contributed by atoms with Gasteiger partial charge in [0.15, 0.2) is 11.5 Å². The fraction of sp³-hybridized carbons (Fsp3) is 0.263. The summed E-state index contributed by atoms with van der Waals surface area (Å²) in [5, 5.41) is 2.86. The zero-order valence-electron chi connectivity index (χ0n) is 13.9. The van der Waals surface area contributed by atoms with Crippen LogP contribution in [0, 0.1) is 6.92 Å². The maximum Gasteiger partial charge on any atom is 0.244 e. The molecule has 0 bridgehead atoms. The highest BCUT2D eigenvalue weighted by molar-refractivity contribution is 5.87. The van der Waals surface area contributed by atoms with Crippen molar-refractivity contribution in [3.05, 3.63) is 65.5 Å². The quantitative estimate of drug-likeness (QED) is 0.756. The molecule has 0 spiro atoms. The number of para-hydroxylation sites is 1. The van der Waals surface area contributed by atoms with E-state index in [1.165, 1.54) is 0 Å². The number of nitrogens with zero attached hydrogens (tertiary/aromatic N) is 1. The Morgan fingerprint density at radius 2 is 1.96 bits per heavy atom. The topological polar surface area (TPSA) is 81.2 Å². The van der Waals surface area contributed by atoms with Crippen LogP contribution in [0.2, 0.25) is 0 Å². The van der Waals surface area contributed by atoms with Crippen LogP contribution in [-0.4, -0.2) is 17.4 Å². The van der Waals surface area contributed by atoms with Gasteiger partial charge in [-0.25, -0.2) is 4.98 Å². The van der Waals surface area contributed by atoms with Crippen LogP contribution >= 0.6 is 0 Å². The predicted octanol–water partition coefficient (Wildman–Crippen LogP) is 2.67. The second kappa shape index (κ2) is 6.45. The standard InChI is InChI=1S/C19H21N3O2/c1-13-7-6-10-15-17(13)22-16(24-15)11-12-21-18(23)19(2,20)14-8-4-3-5-9-14/h3-10H,11-12,20H2,1-2H3,(H,21,23). The Balaban J connectivity index is 1.63. The number of nitrogens with two attached hydrogens (primary N) is 1. The van der Waals surface area contributed by atoms with E-state index < -0.39 is 5.54 Å². The number of aryl methyl sites for hydroxylation is 1. The molecule has 24 heavy (non-hydrogen) atoms. The summed E-state index contributed by atoms with van der Waals surface area (Å²) in [5.41, 5.74) is 8.61. The summed E-state index contributed by atoms with van der Waals surface area (Å²) in [6.07, 6.45) is 0.519. The molecule has 0 aliphatic rings. The largest absolute Gasteiger partial charge is 0.441 e. The molecule has 1 heterocycles. The van der Waals surface area contributed by atoms with E-state index in [0.29, 0.717) is 18.9 Å². The van der Waals surface area contributed by atoms with Gasteiger partial charge in [0, 0.05) is 13.0 Å². The molecule has 2 aromatic carbocycles. The summed E-state index contributed by atoms with van der Waals surface area (Å²) >= 11 is 0. The molecule has 1 unspecified atom stereocenters. The first-order valence-corrected chi connectivity index (χ1v) is 7.96. The molecule has 1 amide bonds. The van der Waals surface area contributed by atoms with Crippen LogP contribution in [0.1, 0.15) is 23.9 Å². The van der Waals surface area contributed by atoms with Gasteiger partial charge in [-0.15, -0.1) is 0 Å². The predicted molar refractivity (Wildman–Crippen MR) is 93.4 cm³/mol. The van der Waals surface area contributed by atoms with Crippen molar-refractivity contribution in [2.75, 3.05) is 6.54 Å². The first kappa shape index (κ1) is 16.2. The second-order valence-electron chi connectivity index (χ2n) is 6.10. The van der Waals surface area contributed by atoms with E-state index in [9.17, 15) is 4.79 Å². The van der Waals surface area contributed by atoms with Crippen LogP contribution in [0.25, 0.3) is 11.1 Å². The van der Waals surface area contributed by atoms with Crippen LogP contribution in [0.3, 0.4) is 0 Å². The average molecular weight is 323 g/mol. The van der Waals surface area contributed by atoms with Gasteiger partial charge in [-0.2, -0.15) is 0 Å². The molecule has 5 nitrogen and oxygen atoms in total.